The summed E-state index contributed by atoms with van der Waals surface area (Å²) >= 11 is 3.15. The first-order valence-electron chi connectivity index (χ1n) is 4.10. The van der Waals surface area contributed by atoms with Crippen molar-refractivity contribution in [2.75, 3.05) is 0 Å². The summed E-state index contributed by atoms with van der Waals surface area (Å²) in [6.07, 6.45) is -4.70. The first kappa shape index (κ1) is 12.3. The Morgan fingerprint density at radius 2 is 2.00 bits per heavy atom. The summed E-state index contributed by atoms with van der Waals surface area (Å²) in [5.41, 5.74) is 5.84. The Labute approximate surface area is 93.3 Å². The topological polar surface area (TPSA) is 35.2 Å². The van der Waals surface area contributed by atoms with Crippen molar-refractivity contribution in [2.24, 2.45) is 5.73 Å². The van der Waals surface area contributed by atoms with Gasteiger partial charge in [0.2, 0.25) is 0 Å². The molecule has 6 heteroatoms. The molecular formula is C9H9BrF3NO. The van der Waals surface area contributed by atoms with Crippen LogP contribution in [0.4, 0.5) is 13.2 Å². The fourth-order valence-electron chi connectivity index (χ4n) is 1.09. The van der Waals surface area contributed by atoms with E-state index in [0.717, 1.165) is 0 Å². The fraction of sp³-hybridized carbons (Fsp3) is 0.333. The molecule has 1 atom stereocenters. The lowest BCUT2D eigenvalue weighted by Gasteiger charge is -2.15. The summed E-state index contributed by atoms with van der Waals surface area (Å²) in [5.74, 6) is -0.263. The zero-order valence-corrected chi connectivity index (χ0v) is 9.39. The SMILES string of the molecule is CC(N)c1cc(Br)ccc1OC(F)(F)F. The molecule has 0 bridgehead atoms. The molecule has 1 aromatic rings. The molecule has 1 unspecified atom stereocenters. The lowest BCUT2D eigenvalue weighted by atomic mass is 10.1. The molecule has 84 valence electrons. The summed E-state index contributed by atoms with van der Waals surface area (Å²) in [7, 11) is 0. The summed E-state index contributed by atoms with van der Waals surface area (Å²) in [6.45, 7) is 1.59. The molecule has 0 saturated carbocycles. The number of ether oxygens (including phenoxy) is 1. The van der Waals surface area contributed by atoms with E-state index in [0.29, 0.717) is 10.0 Å². The average molecular weight is 284 g/mol. The van der Waals surface area contributed by atoms with Gasteiger partial charge in [0.25, 0.3) is 0 Å². The monoisotopic (exact) mass is 283 g/mol. The van der Waals surface area contributed by atoms with E-state index < -0.39 is 12.4 Å². The number of alkyl halides is 3. The lowest BCUT2D eigenvalue weighted by molar-refractivity contribution is -0.274. The highest BCUT2D eigenvalue weighted by molar-refractivity contribution is 9.10. The Morgan fingerprint density at radius 3 is 2.47 bits per heavy atom. The van der Waals surface area contributed by atoms with Crippen LogP contribution in [0.1, 0.15) is 18.5 Å². The Bertz CT molecular complexity index is 352. The van der Waals surface area contributed by atoms with Crippen molar-refractivity contribution in [1.82, 2.24) is 0 Å². The zero-order chi connectivity index (χ0) is 11.6. The van der Waals surface area contributed by atoms with E-state index in [4.69, 9.17) is 5.73 Å². The van der Waals surface area contributed by atoms with E-state index in [9.17, 15) is 13.2 Å². The highest BCUT2D eigenvalue weighted by Crippen LogP contribution is 2.31. The second-order valence-corrected chi connectivity index (χ2v) is 3.93. The van der Waals surface area contributed by atoms with Gasteiger partial charge in [-0.15, -0.1) is 13.2 Å². The number of hydrogen-bond donors (Lipinski definition) is 1. The molecule has 0 spiro atoms. The van der Waals surface area contributed by atoms with Gasteiger partial charge in [-0.05, 0) is 25.1 Å². The molecule has 0 radical (unpaired) electrons. The number of rotatable bonds is 2. The summed E-state index contributed by atoms with van der Waals surface area (Å²) in [4.78, 5) is 0. The molecule has 1 aromatic carbocycles. The van der Waals surface area contributed by atoms with E-state index >= 15 is 0 Å². The molecular weight excluding hydrogens is 275 g/mol. The summed E-state index contributed by atoms with van der Waals surface area (Å²) in [6, 6.07) is 3.68. The maximum atomic E-state index is 12.0. The summed E-state index contributed by atoms with van der Waals surface area (Å²) < 4.78 is 40.5. The fourth-order valence-corrected chi connectivity index (χ4v) is 1.47. The summed E-state index contributed by atoms with van der Waals surface area (Å²) in [5, 5.41) is 0. The van der Waals surface area contributed by atoms with Crippen molar-refractivity contribution >= 4 is 15.9 Å². The second-order valence-electron chi connectivity index (χ2n) is 3.02. The molecule has 0 amide bonds. The van der Waals surface area contributed by atoms with Crippen molar-refractivity contribution < 1.29 is 17.9 Å². The molecule has 1 rings (SSSR count). The van der Waals surface area contributed by atoms with Crippen molar-refractivity contribution in [3.8, 4) is 5.75 Å². The first-order chi connectivity index (χ1) is 6.79. The van der Waals surface area contributed by atoms with Crippen LogP contribution in [0, 0.1) is 0 Å². The van der Waals surface area contributed by atoms with Crippen LogP contribution in [0.2, 0.25) is 0 Å². The number of nitrogens with two attached hydrogens (primary N) is 1. The highest BCUT2D eigenvalue weighted by atomic mass is 79.9. The maximum Gasteiger partial charge on any atom is 0.573 e. The van der Waals surface area contributed by atoms with Crippen molar-refractivity contribution in [2.45, 2.75) is 19.3 Å². The van der Waals surface area contributed by atoms with Crippen molar-refractivity contribution in [1.29, 1.82) is 0 Å². The first-order valence-corrected chi connectivity index (χ1v) is 4.89. The van der Waals surface area contributed by atoms with Crippen LogP contribution in [0.15, 0.2) is 22.7 Å². The second kappa shape index (κ2) is 4.40. The molecule has 0 aliphatic carbocycles. The van der Waals surface area contributed by atoms with Gasteiger partial charge in [-0.3, -0.25) is 0 Å². The van der Waals surface area contributed by atoms with Crippen LogP contribution < -0.4 is 10.5 Å². The molecule has 0 aliphatic heterocycles. The minimum atomic E-state index is -4.70. The molecule has 0 fully saturated rings. The molecule has 0 aliphatic rings. The van der Waals surface area contributed by atoms with E-state index in [-0.39, 0.29) is 5.75 Å². The van der Waals surface area contributed by atoms with Crippen LogP contribution in [0.3, 0.4) is 0 Å². The van der Waals surface area contributed by atoms with E-state index in [1.807, 2.05) is 0 Å². The van der Waals surface area contributed by atoms with Gasteiger partial charge in [-0.2, -0.15) is 0 Å². The third-order valence-electron chi connectivity index (χ3n) is 1.69. The smallest absolute Gasteiger partial charge is 0.405 e. The van der Waals surface area contributed by atoms with Gasteiger partial charge in [0.05, 0.1) is 0 Å². The van der Waals surface area contributed by atoms with Gasteiger partial charge in [-0.1, -0.05) is 15.9 Å². The third-order valence-corrected chi connectivity index (χ3v) is 2.18. The van der Waals surface area contributed by atoms with Crippen LogP contribution in [0.5, 0.6) is 5.75 Å². The number of hydrogen-bond acceptors (Lipinski definition) is 2. The van der Waals surface area contributed by atoms with Gasteiger partial charge < -0.3 is 10.5 Å². The third kappa shape index (κ3) is 3.71. The molecule has 2 nitrogen and oxygen atoms in total. The predicted molar refractivity (Wildman–Crippen MR) is 53.4 cm³/mol. The van der Waals surface area contributed by atoms with Gasteiger partial charge in [0.15, 0.2) is 0 Å². The van der Waals surface area contributed by atoms with E-state index in [2.05, 4.69) is 20.7 Å². The van der Waals surface area contributed by atoms with Gasteiger partial charge in [0, 0.05) is 16.1 Å². The quantitative estimate of drug-likeness (QED) is 0.903. The number of benzene rings is 1. The number of halogens is 4. The minimum absolute atomic E-state index is 0.263. The minimum Gasteiger partial charge on any atom is -0.405 e. The van der Waals surface area contributed by atoms with Gasteiger partial charge in [0.1, 0.15) is 5.75 Å². The lowest BCUT2D eigenvalue weighted by Crippen LogP contribution is -2.19. The maximum absolute atomic E-state index is 12.0. The van der Waals surface area contributed by atoms with Crippen molar-refractivity contribution in [3.05, 3.63) is 28.2 Å². The largest absolute Gasteiger partial charge is 0.573 e. The average Bonchev–Trinajstić information content (AvgIpc) is 2.05. The van der Waals surface area contributed by atoms with E-state index in [1.165, 1.54) is 18.2 Å². The molecule has 2 N–H and O–H groups in total. The van der Waals surface area contributed by atoms with Gasteiger partial charge in [-0.25, -0.2) is 0 Å². The molecule has 0 saturated heterocycles. The highest BCUT2D eigenvalue weighted by Gasteiger charge is 2.32. The van der Waals surface area contributed by atoms with Crippen LogP contribution >= 0.6 is 15.9 Å². The Hall–Kier alpha value is -0.750. The molecule has 15 heavy (non-hydrogen) atoms. The van der Waals surface area contributed by atoms with Crippen molar-refractivity contribution in [3.63, 3.8) is 0 Å². The van der Waals surface area contributed by atoms with Crippen LogP contribution in [-0.2, 0) is 0 Å². The van der Waals surface area contributed by atoms with Crippen LogP contribution in [0.25, 0.3) is 0 Å². The molecule has 0 heterocycles. The normalized spacial score (nSPS) is 13.7. The standard InChI is InChI=1S/C9H9BrF3NO/c1-5(14)7-4-6(10)2-3-8(7)15-9(11,12)13/h2-5H,14H2,1H3. The Kier molecular flexibility index (Phi) is 3.62. The predicted octanol–water partition coefficient (Wildman–Crippen LogP) is 3.37. The van der Waals surface area contributed by atoms with Crippen LogP contribution in [-0.4, -0.2) is 6.36 Å². The zero-order valence-electron chi connectivity index (χ0n) is 7.81. The molecule has 0 aromatic heterocycles. The Balaban J connectivity index is 3.06. The van der Waals surface area contributed by atoms with Gasteiger partial charge >= 0.3 is 6.36 Å². The Morgan fingerprint density at radius 1 is 1.40 bits per heavy atom. The van der Waals surface area contributed by atoms with E-state index in [1.54, 1.807) is 6.92 Å².